The topological polar surface area (TPSA) is 66.9 Å². The number of nitrogens with zero attached hydrogens (tertiary/aromatic N) is 2. The Hall–Kier alpha value is -1.65. The van der Waals surface area contributed by atoms with Crippen molar-refractivity contribution in [3.05, 3.63) is 17.8 Å². The van der Waals surface area contributed by atoms with Crippen LogP contribution in [0.5, 0.6) is 0 Å². The maximum atomic E-state index is 11.4. The largest absolute Gasteiger partial charge is 0.372 e. The molecule has 1 aromatic rings. The molecule has 0 aliphatic rings. The van der Waals surface area contributed by atoms with Crippen molar-refractivity contribution in [2.24, 2.45) is 0 Å². The maximum Gasteiger partial charge on any atom is 0.271 e. The molecule has 0 spiro atoms. The lowest BCUT2D eigenvalue weighted by atomic mass is 10.3. The first-order valence-electron chi connectivity index (χ1n) is 4.57. The Bertz CT molecular complexity index is 296. The minimum atomic E-state index is -0.179. The molecular weight excluding hydrogens is 180 g/mol. The lowest BCUT2D eigenvalue weighted by molar-refractivity contribution is 0.0947. The summed E-state index contributed by atoms with van der Waals surface area (Å²) in [6.45, 7) is 2.66. The Kier molecular flexibility index (Phi) is 3.84. The van der Waals surface area contributed by atoms with Gasteiger partial charge in [-0.3, -0.25) is 4.79 Å². The Labute approximate surface area is 82.9 Å². The number of nitrogens with one attached hydrogen (secondary N) is 2. The summed E-state index contributed by atoms with van der Waals surface area (Å²) in [5, 5.41) is 13.1. The van der Waals surface area contributed by atoms with E-state index >= 15 is 0 Å². The number of carbonyl (C=O) groups is 1. The third-order valence-electron chi connectivity index (χ3n) is 1.69. The highest BCUT2D eigenvalue weighted by molar-refractivity contribution is 5.92. The van der Waals surface area contributed by atoms with Gasteiger partial charge < -0.3 is 10.6 Å². The van der Waals surface area contributed by atoms with E-state index in [2.05, 4.69) is 20.8 Å². The highest BCUT2D eigenvalue weighted by Crippen LogP contribution is 2.00. The van der Waals surface area contributed by atoms with Gasteiger partial charge in [0.25, 0.3) is 5.91 Å². The van der Waals surface area contributed by atoms with Gasteiger partial charge in [0, 0.05) is 13.6 Å². The van der Waals surface area contributed by atoms with Crippen LogP contribution < -0.4 is 10.6 Å². The first-order chi connectivity index (χ1) is 6.77. The zero-order chi connectivity index (χ0) is 10.4. The van der Waals surface area contributed by atoms with Crippen LogP contribution in [0.3, 0.4) is 0 Å². The van der Waals surface area contributed by atoms with E-state index in [1.807, 2.05) is 6.92 Å². The van der Waals surface area contributed by atoms with Crippen LogP contribution in [0, 0.1) is 0 Å². The fourth-order valence-corrected chi connectivity index (χ4v) is 0.916. The van der Waals surface area contributed by atoms with Gasteiger partial charge in [-0.15, -0.1) is 10.2 Å². The molecule has 0 aliphatic heterocycles. The second-order valence-corrected chi connectivity index (χ2v) is 2.81. The van der Waals surface area contributed by atoms with Crippen LogP contribution in [-0.2, 0) is 0 Å². The first kappa shape index (κ1) is 10.4. The molecule has 5 heteroatoms. The summed E-state index contributed by atoms with van der Waals surface area (Å²) in [6.07, 6.45) is 0.910. The Morgan fingerprint density at radius 3 is 2.71 bits per heavy atom. The molecule has 0 unspecified atom stereocenters. The quantitative estimate of drug-likeness (QED) is 0.738. The second kappa shape index (κ2) is 5.16. The monoisotopic (exact) mass is 194 g/mol. The van der Waals surface area contributed by atoms with Crippen LogP contribution in [0.4, 0.5) is 5.82 Å². The predicted octanol–water partition coefficient (Wildman–Crippen LogP) is 0.658. The van der Waals surface area contributed by atoms with E-state index in [9.17, 15) is 4.79 Å². The van der Waals surface area contributed by atoms with Crippen LogP contribution in [-0.4, -0.2) is 29.7 Å². The van der Waals surface area contributed by atoms with E-state index in [0.717, 1.165) is 6.42 Å². The van der Waals surface area contributed by atoms with E-state index in [1.54, 1.807) is 19.2 Å². The zero-order valence-electron chi connectivity index (χ0n) is 8.37. The van der Waals surface area contributed by atoms with Gasteiger partial charge in [-0.25, -0.2) is 0 Å². The van der Waals surface area contributed by atoms with Crippen molar-refractivity contribution in [3.63, 3.8) is 0 Å². The number of aromatic nitrogens is 2. The molecule has 14 heavy (non-hydrogen) atoms. The van der Waals surface area contributed by atoms with Crippen molar-refractivity contribution in [2.75, 3.05) is 18.9 Å². The molecule has 0 aliphatic carbocycles. The van der Waals surface area contributed by atoms with Crippen molar-refractivity contribution in [3.8, 4) is 0 Å². The van der Waals surface area contributed by atoms with Crippen LogP contribution in [0.15, 0.2) is 12.1 Å². The maximum absolute atomic E-state index is 11.4. The number of amides is 1. The minimum Gasteiger partial charge on any atom is -0.372 e. The summed E-state index contributed by atoms with van der Waals surface area (Å²) in [4.78, 5) is 11.4. The van der Waals surface area contributed by atoms with Gasteiger partial charge in [0.2, 0.25) is 0 Å². The average molecular weight is 194 g/mol. The molecule has 0 bridgehead atoms. The summed E-state index contributed by atoms with van der Waals surface area (Å²) >= 11 is 0. The molecule has 5 nitrogen and oxygen atoms in total. The highest BCUT2D eigenvalue weighted by atomic mass is 16.1. The van der Waals surface area contributed by atoms with E-state index < -0.39 is 0 Å². The van der Waals surface area contributed by atoms with Gasteiger partial charge >= 0.3 is 0 Å². The molecule has 2 N–H and O–H groups in total. The molecule has 1 heterocycles. The van der Waals surface area contributed by atoms with Gasteiger partial charge in [0.15, 0.2) is 5.69 Å². The third kappa shape index (κ3) is 2.69. The lowest BCUT2D eigenvalue weighted by Gasteiger charge is -2.02. The molecule has 0 aromatic carbocycles. The van der Waals surface area contributed by atoms with Gasteiger partial charge in [0.05, 0.1) is 0 Å². The summed E-state index contributed by atoms with van der Waals surface area (Å²) in [7, 11) is 1.75. The van der Waals surface area contributed by atoms with Crippen LogP contribution in [0.1, 0.15) is 23.8 Å². The third-order valence-corrected chi connectivity index (χ3v) is 1.69. The summed E-state index contributed by atoms with van der Waals surface area (Å²) < 4.78 is 0. The zero-order valence-corrected chi connectivity index (χ0v) is 8.37. The van der Waals surface area contributed by atoms with Gasteiger partial charge in [-0.05, 0) is 18.6 Å². The fourth-order valence-electron chi connectivity index (χ4n) is 0.916. The molecule has 0 saturated heterocycles. The number of rotatable bonds is 4. The Morgan fingerprint density at radius 2 is 2.21 bits per heavy atom. The van der Waals surface area contributed by atoms with Crippen molar-refractivity contribution < 1.29 is 4.79 Å². The first-order valence-corrected chi connectivity index (χ1v) is 4.57. The van der Waals surface area contributed by atoms with E-state index in [0.29, 0.717) is 18.1 Å². The van der Waals surface area contributed by atoms with Crippen molar-refractivity contribution >= 4 is 11.7 Å². The molecule has 76 valence electrons. The van der Waals surface area contributed by atoms with Crippen molar-refractivity contribution in [1.82, 2.24) is 15.5 Å². The van der Waals surface area contributed by atoms with E-state index in [4.69, 9.17) is 0 Å². The predicted molar refractivity (Wildman–Crippen MR) is 54.2 cm³/mol. The number of hydrogen-bond donors (Lipinski definition) is 2. The smallest absolute Gasteiger partial charge is 0.271 e. The highest BCUT2D eigenvalue weighted by Gasteiger charge is 2.05. The SMILES string of the molecule is CCCNC(=O)c1ccc(NC)nn1. The van der Waals surface area contributed by atoms with Gasteiger partial charge in [-0.2, -0.15) is 0 Å². The van der Waals surface area contributed by atoms with E-state index in [-0.39, 0.29) is 5.91 Å². The van der Waals surface area contributed by atoms with Gasteiger partial charge in [-0.1, -0.05) is 6.92 Å². The average Bonchev–Trinajstić information content (AvgIpc) is 2.26. The Balaban J connectivity index is 2.62. The minimum absolute atomic E-state index is 0.179. The Morgan fingerprint density at radius 1 is 1.43 bits per heavy atom. The standard InChI is InChI=1S/C9H14N4O/c1-3-6-11-9(14)7-4-5-8(10-2)13-12-7/h4-5H,3,6H2,1-2H3,(H,10,13)(H,11,14). The fraction of sp³-hybridized carbons (Fsp3) is 0.444. The van der Waals surface area contributed by atoms with Crippen LogP contribution in [0.25, 0.3) is 0 Å². The number of anilines is 1. The lowest BCUT2D eigenvalue weighted by Crippen LogP contribution is -2.25. The molecule has 0 radical (unpaired) electrons. The van der Waals surface area contributed by atoms with Crippen molar-refractivity contribution in [1.29, 1.82) is 0 Å². The van der Waals surface area contributed by atoms with Crippen LogP contribution in [0.2, 0.25) is 0 Å². The summed E-state index contributed by atoms with van der Waals surface area (Å²) in [6, 6.07) is 3.36. The molecule has 0 fully saturated rings. The normalized spacial score (nSPS) is 9.57. The molecule has 1 amide bonds. The molecule has 1 rings (SSSR count). The molecule has 0 atom stereocenters. The number of hydrogen-bond acceptors (Lipinski definition) is 4. The van der Waals surface area contributed by atoms with Crippen LogP contribution >= 0.6 is 0 Å². The molecular formula is C9H14N4O. The van der Waals surface area contributed by atoms with E-state index in [1.165, 1.54) is 0 Å². The summed E-state index contributed by atoms with van der Waals surface area (Å²) in [5.41, 5.74) is 0.345. The molecule has 1 aromatic heterocycles. The van der Waals surface area contributed by atoms with Gasteiger partial charge in [0.1, 0.15) is 5.82 Å². The summed E-state index contributed by atoms with van der Waals surface area (Å²) in [5.74, 6) is 0.471. The number of carbonyl (C=O) groups excluding carboxylic acids is 1. The second-order valence-electron chi connectivity index (χ2n) is 2.81. The van der Waals surface area contributed by atoms with Crippen molar-refractivity contribution in [2.45, 2.75) is 13.3 Å². The molecule has 0 saturated carbocycles.